The number of halogens is 2. The van der Waals surface area contributed by atoms with Crippen LogP contribution < -0.4 is 16.9 Å². The maximum absolute atomic E-state index is 12.5. The number of carbonyl (C=O) groups is 2. The van der Waals surface area contributed by atoms with Crippen molar-refractivity contribution in [2.24, 2.45) is 5.92 Å². The summed E-state index contributed by atoms with van der Waals surface area (Å²) in [5, 5.41) is 0. The van der Waals surface area contributed by atoms with Crippen LogP contribution in [-0.4, -0.2) is 52.6 Å². The average Bonchev–Trinajstić information content (AvgIpc) is 3.34. The highest BCUT2D eigenvalue weighted by molar-refractivity contribution is 9.10. The van der Waals surface area contributed by atoms with Gasteiger partial charge in [0.15, 0.2) is 0 Å². The van der Waals surface area contributed by atoms with E-state index < -0.39 is 5.92 Å². The van der Waals surface area contributed by atoms with E-state index in [2.05, 4.69) is 79.3 Å². The zero-order chi connectivity index (χ0) is 46.8. The van der Waals surface area contributed by atoms with Gasteiger partial charge in [-0.1, -0.05) is 62.3 Å². The lowest BCUT2D eigenvalue weighted by Crippen LogP contribution is -2.27. The number of ether oxygens (including phenoxy) is 1. The van der Waals surface area contributed by atoms with Gasteiger partial charge in [-0.2, -0.15) is 0 Å². The molecule has 1 fully saturated rings. The molecule has 7 aromatic heterocycles. The van der Waals surface area contributed by atoms with Crippen LogP contribution in [-0.2, 0) is 40.0 Å². The maximum atomic E-state index is 12.5. The molecule has 1 unspecified atom stereocenters. The van der Waals surface area contributed by atoms with E-state index in [-0.39, 0.29) is 22.9 Å². The molecule has 0 bridgehead atoms. The molecule has 1 atom stereocenters. The van der Waals surface area contributed by atoms with Gasteiger partial charge in [-0.25, -0.2) is 24.9 Å². The lowest BCUT2D eigenvalue weighted by atomic mass is 9.88. The normalized spacial score (nSPS) is 14.5. The van der Waals surface area contributed by atoms with Crippen molar-refractivity contribution in [3.05, 3.63) is 173 Å². The predicted octanol–water partition coefficient (Wildman–Crippen LogP) is 8.11. The van der Waals surface area contributed by atoms with Crippen molar-refractivity contribution in [3.63, 3.8) is 0 Å². The van der Waals surface area contributed by atoms with Crippen LogP contribution in [0.1, 0.15) is 90.8 Å². The van der Waals surface area contributed by atoms with Gasteiger partial charge in [0.25, 0.3) is 11.1 Å². The molecule has 0 spiro atoms. The third kappa shape index (κ3) is 13.6. The minimum Gasteiger partial charge on any atom is -0.468 e. The number of nitrogens with two attached hydrogens (primary N) is 1. The Balaban J connectivity index is 0.000000146. The predicted molar refractivity (Wildman–Crippen MR) is 262 cm³/mol. The Labute approximate surface area is 399 Å². The number of terminal acetylenes is 1. The summed E-state index contributed by atoms with van der Waals surface area (Å²) in [5.41, 5.74) is 12.9. The number of nitrogen functional groups attached to an aromatic ring is 1. The summed E-state index contributed by atoms with van der Waals surface area (Å²) in [7, 11) is 1.32. The summed E-state index contributed by atoms with van der Waals surface area (Å²) >= 11 is 6.64. The summed E-state index contributed by atoms with van der Waals surface area (Å²) in [4.78, 5) is 67.8. The van der Waals surface area contributed by atoms with Crippen LogP contribution in [0.4, 0.5) is 5.82 Å². The zero-order valence-electron chi connectivity index (χ0n) is 36.5. The quantitative estimate of drug-likeness (QED) is 0.0955. The second kappa shape index (κ2) is 24.5. The standard InChI is InChI=1S/C19H15N3O.C12H11BrN2O.C8H12O3.C7H5N.C5H5BrN2/c23-19-16-6-1-2-7-17(16)21-18-13-14(10-12-22(18)19)8-9-15-5-3-4-11-20-15;13-8-5-6-15-11(7-8)14-10-4-2-1-3-9(10)12(15)16;1-11-8(10)6-4-2-3-5-7(6)9;1-2-7-5-3-4-6-8-7;6-4-1-2-8-5(7)3-4/h3-5,10-13H,1-2,6-7H2;5-7H,1-4H2;6H,2-5H2,1H3;1,3-6H;1-3H,(H2,7,8). The summed E-state index contributed by atoms with van der Waals surface area (Å²) < 4.78 is 9.67. The van der Waals surface area contributed by atoms with Crippen LogP contribution in [0.15, 0.2) is 122 Å². The molecule has 2 N–H and O–H groups in total. The SMILES string of the molecule is C#Cc1ccccn1.COC(=O)C1CCCCC1=O.Nc1cc(Br)ccn1.O=c1c2c(nc3cc(Br)ccn13)CCCC2.O=c1c2c(nc3cc(C#Cc4ccccn4)ccn13)CCCC2. The van der Waals surface area contributed by atoms with E-state index in [1.165, 1.54) is 7.11 Å². The van der Waals surface area contributed by atoms with Gasteiger partial charge < -0.3 is 10.5 Å². The Morgan fingerprint density at radius 2 is 1.26 bits per heavy atom. The molecule has 66 heavy (non-hydrogen) atoms. The van der Waals surface area contributed by atoms with Gasteiger partial charge in [-0.3, -0.25) is 28.0 Å². The number of nitrogens with zero attached hydrogens (tertiary/aromatic N) is 7. The molecule has 0 aromatic carbocycles. The molecule has 7 aromatic rings. The van der Waals surface area contributed by atoms with E-state index in [0.29, 0.717) is 30.0 Å². The molecule has 3 aliphatic carbocycles. The number of aromatic nitrogens is 7. The number of pyridine rings is 5. The van der Waals surface area contributed by atoms with Gasteiger partial charge in [0.05, 0.1) is 18.5 Å². The molecule has 15 heteroatoms. The fraction of sp³-hybridized carbons (Fsp3) is 0.275. The maximum Gasteiger partial charge on any atom is 0.316 e. The highest BCUT2D eigenvalue weighted by atomic mass is 79.9. The number of rotatable bonds is 1. The first-order valence-corrected chi connectivity index (χ1v) is 23.1. The van der Waals surface area contributed by atoms with Gasteiger partial charge in [0, 0.05) is 63.0 Å². The summed E-state index contributed by atoms with van der Waals surface area (Å²) in [5.74, 6) is 8.28. The van der Waals surface area contributed by atoms with E-state index in [1.807, 2.05) is 60.7 Å². The third-order valence-electron chi connectivity index (χ3n) is 10.8. The first-order chi connectivity index (χ1) is 32.0. The van der Waals surface area contributed by atoms with Crippen molar-refractivity contribution < 1.29 is 14.3 Å². The first kappa shape index (κ1) is 48.6. The van der Waals surface area contributed by atoms with Crippen molar-refractivity contribution in [1.29, 1.82) is 0 Å². The van der Waals surface area contributed by atoms with E-state index >= 15 is 0 Å². The van der Waals surface area contributed by atoms with Gasteiger partial charge in [0.1, 0.15) is 40.2 Å². The van der Waals surface area contributed by atoms with Crippen molar-refractivity contribution in [2.45, 2.75) is 77.0 Å². The summed E-state index contributed by atoms with van der Waals surface area (Å²) in [6, 6.07) is 22.2. The number of carbonyl (C=O) groups excluding carboxylic acids is 2. The fourth-order valence-electron chi connectivity index (χ4n) is 7.41. The second-order valence-electron chi connectivity index (χ2n) is 15.3. The number of fused-ring (bicyclic) bond motifs is 4. The highest BCUT2D eigenvalue weighted by Crippen LogP contribution is 2.22. The molecular weight excluding hydrogens is 964 g/mol. The van der Waals surface area contributed by atoms with E-state index in [0.717, 1.165) is 113 Å². The van der Waals surface area contributed by atoms with Crippen molar-refractivity contribution >= 4 is 60.7 Å². The number of hydrogen-bond donors (Lipinski definition) is 1. The molecule has 13 nitrogen and oxygen atoms in total. The van der Waals surface area contributed by atoms with Crippen molar-refractivity contribution in [3.8, 4) is 24.2 Å². The van der Waals surface area contributed by atoms with Crippen LogP contribution in [0.5, 0.6) is 0 Å². The number of Topliss-reactive ketones (excluding diaryl/α,β-unsaturated/α-hetero) is 1. The van der Waals surface area contributed by atoms with Gasteiger partial charge >= 0.3 is 5.97 Å². The van der Waals surface area contributed by atoms with Gasteiger partial charge in [-0.05, 0) is 131 Å². The lowest BCUT2D eigenvalue weighted by molar-refractivity contribution is -0.150. The topological polar surface area (TPSA) is 177 Å². The van der Waals surface area contributed by atoms with Crippen molar-refractivity contribution in [2.75, 3.05) is 12.8 Å². The van der Waals surface area contributed by atoms with E-state index in [4.69, 9.17) is 12.2 Å². The smallest absolute Gasteiger partial charge is 0.316 e. The molecule has 0 saturated heterocycles. The minimum atomic E-state index is -0.464. The van der Waals surface area contributed by atoms with Crippen LogP contribution in [0.25, 0.3) is 11.3 Å². The molecule has 0 amide bonds. The first-order valence-electron chi connectivity index (χ1n) is 21.6. The number of esters is 1. The third-order valence-corrected chi connectivity index (χ3v) is 11.7. The van der Waals surface area contributed by atoms with Gasteiger partial charge in [-0.15, -0.1) is 6.42 Å². The fourth-order valence-corrected chi connectivity index (χ4v) is 8.09. The van der Waals surface area contributed by atoms with E-state index in [9.17, 15) is 19.2 Å². The highest BCUT2D eigenvalue weighted by Gasteiger charge is 2.29. The largest absolute Gasteiger partial charge is 0.468 e. The van der Waals surface area contributed by atoms with Crippen LogP contribution >= 0.6 is 31.9 Å². The molecule has 1 saturated carbocycles. The Morgan fingerprint density at radius 3 is 1.79 bits per heavy atom. The summed E-state index contributed by atoms with van der Waals surface area (Å²) in [6.07, 6.45) is 24.7. The van der Waals surface area contributed by atoms with Crippen LogP contribution in [0.3, 0.4) is 0 Å². The Hall–Kier alpha value is -6.81. The molecule has 7 heterocycles. The van der Waals surface area contributed by atoms with Crippen LogP contribution in [0, 0.1) is 30.1 Å². The van der Waals surface area contributed by atoms with Gasteiger partial charge in [0.2, 0.25) is 0 Å². The molecule has 0 aliphatic heterocycles. The zero-order valence-corrected chi connectivity index (χ0v) is 39.6. The lowest BCUT2D eigenvalue weighted by Gasteiger charge is -2.17. The number of ketones is 1. The molecule has 0 radical (unpaired) electrons. The molecule has 3 aliphatic rings. The minimum absolute atomic E-state index is 0.0445. The molecule has 336 valence electrons. The monoisotopic (exact) mass is 1010 g/mol. The molecule has 10 rings (SSSR count). The number of hydrogen-bond acceptors (Lipinski definition) is 11. The average molecular weight is 1010 g/mol. The Kier molecular flexibility index (Phi) is 18.0. The molecular formula is C51H48Br2N8O5. The number of aryl methyl sites for hydroxylation is 2. The van der Waals surface area contributed by atoms with Crippen LogP contribution in [0.2, 0.25) is 0 Å². The second-order valence-corrected chi connectivity index (χ2v) is 17.2. The number of methoxy groups -OCH3 is 1. The van der Waals surface area contributed by atoms with E-state index in [1.54, 1.807) is 51.9 Å². The Bertz CT molecular complexity index is 3010. The van der Waals surface area contributed by atoms with Crippen molar-refractivity contribution in [1.82, 2.24) is 33.7 Å². The Morgan fingerprint density at radius 1 is 0.682 bits per heavy atom. The number of anilines is 1. The summed E-state index contributed by atoms with van der Waals surface area (Å²) in [6.45, 7) is 0.